The van der Waals surface area contributed by atoms with Gasteiger partial charge in [0.15, 0.2) is 0 Å². The summed E-state index contributed by atoms with van der Waals surface area (Å²) in [5, 5.41) is 13.1. The minimum Gasteiger partial charge on any atom is -0.393 e. The van der Waals surface area contributed by atoms with E-state index in [0.717, 1.165) is 24.3 Å². The van der Waals surface area contributed by atoms with Gasteiger partial charge in [0.05, 0.1) is 22.4 Å². The predicted molar refractivity (Wildman–Crippen MR) is 127 cm³/mol. The standard InChI is InChI=1S/C24H18F6N6O/c1-32-9-14-8-17(6-7-18(14)31)36-11-15-10-33-22(34-12-23(25,26)27)35-20(15)19(21(36)37)13-2-4-16(5-3-13)24(28,29)30/h2-11,31-32H,12H2,1H3,(H,34,35)/b14-9-,31-18?. The van der Waals surface area contributed by atoms with Gasteiger partial charge in [0.1, 0.15) is 6.54 Å². The van der Waals surface area contributed by atoms with E-state index >= 15 is 0 Å². The Hall–Kier alpha value is -4.42. The van der Waals surface area contributed by atoms with Crippen LogP contribution < -0.4 is 16.2 Å². The number of fused-ring (bicyclic) bond motifs is 1. The van der Waals surface area contributed by atoms with Crippen LogP contribution in [0.2, 0.25) is 0 Å². The van der Waals surface area contributed by atoms with E-state index in [-0.39, 0.29) is 27.7 Å². The van der Waals surface area contributed by atoms with E-state index in [1.54, 1.807) is 19.3 Å². The Morgan fingerprint density at radius 2 is 1.78 bits per heavy atom. The molecule has 1 aliphatic carbocycles. The molecule has 3 aromatic rings. The molecule has 0 unspecified atom stereocenters. The van der Waals surface area contributed by atoms with Gasteiger partial charge in [-0.25, -0.2) is 9.97 Å². The van der Waals surface area contributed by atoms with Crippen LogP contribution in [0, 0.1) is 5.41 Å². The number of anilines is 1. The molecule has 3 N–H and O–H groups in total. The maximum Gasteiger partial charge on any atom is 0.416 e. The number of hydrogen-bond acceptors (Lipinski definition) is 6. The molecule has 2 heterocycles. The lowest BCUT2D eigenvalue weighted by Crippen LogP contribution is -2.24. The number of benzene rings is 1. The summed E-state index contributed by atoms with van der Waals surface area (Å²) in [4.78, 5) is 21.6. The van der Waals surface area contributed by atoms with Crippen molar-refractivity contribution in [3.05, 3.63) is 82.6 Å². The Balaban J connectivity index is 1.94. The van der Waals surface area contributed by atoms with Crippen LogP contribution in [0.25, 0.3) is 27.7 Å². The number of alkyl halides is 6. The maximum absolute atomic E-state index is 13.7. The molecule has 0 saturated heterocycles. The molecule has 1 aromatic carbocycles. The zero-order valence-corrected chi connectivity index (χ0v) is 19.0. The second-order valence-corrected chi connectivity index (χ2v) is 7.93. The van der Waals surface area contributed by atoms with Crippen molar-refractivity contribution in [2.75, 3.05) is 18.9 Å². The van der Waals surface area contributed by atoms with Gasteiger partial charge >= 0.3 is 12.4 Å². The van der Waals surface area contributed by atoms with Crippen molar-refractivity contribution >= 4 is 28.3 Å². The third-order valence-electron chi connectivity index (χ3n) is 5.32. The minimum atomic E-state index is -4.60. The largest absolute Gasteiger partial charge is 0.416 e. The van der Waals surface area contributed by atoms with Gasteiger partial charge in [0.25, 0.3) is 5.56 Å². The van der Waals surface area contributed by atoms with Crippen molar-refractivity contribution in [3.63, 3.8) is 0 Å². The molecule has 0 aliphatic heterocycles. The summed E-state index contributed by atoms with van der Waals surface area (Å²) in [5.74, 6) is -0.403. The SMILES string of the molecule is CN/C=C1/C=C(n2cc3cnc(NCC(F)(F)F)nc3c(-c3ccc(C(F)(F)F)cc3)c2=O)C=CC1=N. The van der Waals surface area contributed by atoms with E-state index in [2.05, 4.69) is 15.3 Å². The average Bonchev–Trinajstić information content (AvgIpc) is 2.83. The number of nitrogens with one attached hydrogen (secondary N) is 3. The molecule has 2 aromatic heterocycles. The number of aromatic nitrogens is 3. The maximum atomic E-state index is 13.7. The lowest BCUT2D eigenvalue weighted by Gasteiger charge is -2.17. The third kappa shape index (κ3) is 5.55. The van der Waals surface area contributed by atoms with Gasteiger partial charge in [0.2, 0.25) is 5.95 Å². The summed E-state index contributed by atoms with van der Waals surface area (Å²) in [7, 11) is 1.64. The minimum absolute atomic E-state index is 0.0418. The van der Waals surface area contributed by atoms with Crippen LogP contribution in [-0.4, -0.2) is 40.0 Å². The molecule has 0 bridgehead atoms. The van der Waals surface area contributed by atoms with Gasteiger partial charge in [-0.05, 0) is 35.9 Å². The van der Waals surface area contributed by atoms with Gasteiger partial charge < -0.3 is 16.0 Å². The van der Waals surface area contributed by atoms with Crippen LogP contribution in [0.3, 0.4) is 0 Å². The fourth-order valence-electron chi connectivity index (χ4n) is 3.62. The highest BCUT2D eigenvalue weighted by Gasteiger charge is 2.30. The quantitative estimate of drug-likeness (QED) is 0.413. The van der Waals surface area contributed by atoms with E-state index in [1.807, 2.05) is 5.32 Å². The highest BCUT2D eigenvalue weighted by atomic mass is 19.4. The number of halogens is 6. The Bertz CT molecular complexity index is 1510. The number of pyridine rings is 1. The first-order chi connectivity index (χ1) is 17.4. The van der Waals surface area contributed by atoms with Gasteiger partial charge in [-0.15, -0.1) is 0 Å². The number of rotatable bonds is 5. The fraction of sp³-hybridized carbons (Fsp3) is 0.167. The van der Waals surface area contributed by atoms with Crippen LogP contribution >= 0.6 is 0 Å². The van der Waals surface area contributed by atoms with Gasteiger partial charge in [0, 0.05) is 42.3 Å². The monoisotopic (exact) mass is 520 g/mol. The Labute approximate surface area is 205 Å². The molecule has 192 valence electrons. The van der Waals surface area contributed by atoms with Crippen molar-refractivity contribution in [2.24, 2.45) is 0 Å². The lowest BCUT2D eigenvalue weighted by atomic mass is 10.0. The predicted octanol–water partition coefficient (Wildman–Crippen LogP) is 4.99. The molecular formula is C24H18F6N6O. The van der Waals surface area contributed by atoms with E-state index in [0.29, 0.717) is 11.3 Å². The van der Waals surface area contributed by atoms with Crippen molar-refractivity contribution in [1.29, 1.82) is 5.41 Å². The summed E-state index contributed by atoms with van der Waals surface area (Å²) < 4.78 is 78.5. The molecule has 0 spiro atoms. The smallest absolute Gasteiger partial charge is 0.393 e. The first-order valence-corrected chi connectivity index (χ1v) is 10.6. The Morgan fingerprint density at radius 1 is 1.08 bits per heavy atom. The average molecular weight is 520 g/mol. The van der Waals surface area contributed by atoms with E-state index in [4.69, 9.17) is 5.41 Å². The number of nitrogens with zero attached hydrogens (tertiary/aromatic N) is 3. The number of allylic oxidation sites excluding steroid dienone is 5. The summed E-state index contributed by atoms with van der Waals surface area (Å²) in [6.07, 6.45) is -0.479. The van der Waals surface area contributed by atoms with E-state index in [9.17, 15) is 31.1 Å². The van der Waals surface area contributed by atoms with Crippen LogP contribution in [-0.2, 0) is 6.18 Å². The number of hydrogen-bond donors (Lipinski definition) is 3. The second kappa shape index (κ2) is 9.56. The zero-order valence-electron chi connectivity index (χ0n) is 19.0. The van der Waals surface area contributed by atoms with Crippen LogP contribution in [0.15, 0.2) is 71.5 Å². The fourth-order valence-corrected chi connectivity index (χ4v) is 3.62. The normalized spacial score (nSPS) is 15.3. The molecular weight excluding hydrogens is 502 g/mol. The molecule has 0 radical (unpaired) electrons. The van der Waals surface area contributed by atoms with Crippen molar-refractivity contribution in [2.45, 2.75) is 12.4 Å². The molecule has 13 heteroatoms. The molecule has 37 heavy (non-hydrogen) atoms. The topological polar surface area (TPSA) is 95.7 Å². The van der Waals surface area contributed by atoms with Gasteiger partial charge in [-0.2, -0.15) is 26.3 Å². The van der Waals surface area contributed by atoms with Crippen LogP contribution in [0.5, 0.6) is 0 Å². The summed E-state index contributed by atoms with van der Waals surface area (Å²) in [5.41, 5.74) is -0.714. The molecule has 0 fully saturated rings. The molecule has 0 atom stereocenters. The van der Waals surface area contributed by atoms with Gasteiger partial charge in [-0.3, -0.25) is 9.36 Å². The molecule has 4 rings (SSSR count). The van der Waals surface area contributed by atoms with E-state index in [1.165, 1.54) is 29.1 Å². The van der Waals surface area contributed by atoms with E-state index < -0.39 is 36.0 Å². The Morgan fingerprint density at radius 3 is 2.41 bits per heavy atom. The molecule has 7 nitrogen and oxygen atoms in total. The van der Waals surface area contributed by atoms with Crippen LogP contribution in [0.1, 0.15) is 5.56 Å². The first-order valence-electron chi connectivity index (χ1n) is 10.6. The summed E-state index contributed by atoms with van der Waals surface area (Å²) >= 11 is 0. The highest BCUT2D eigenvalue weighted by Crippen LogP contribution is 2.32. The third-order valence-corrected chi connectivity index (χ3v) is 5.32. The van der Waals surface area contributed by atoms with Crippen molar-refractivity contribution in [3.8, 4) is 11.1 Å². The van der Waals surface area contributed by atoms with Gasteiger partial charge in [-0.1, -0.05) is 12.1 Å². The van der Waals surface area contributed by atoms with Crippen molar-refractivity contribution in [1.82, 2.24) is 19.9 Å². The van der Waals surface area contributed by atoms with Crippen molar-refractivity contribution < 1.29 is 26.3 Å². The lowest BCUT2D eigenvalue weighted by molar-refractivity contribution is -0.137. The highest BCUT2D eigenvalue weighted by molar-refractivity contribution is 6.12. The second-order valence-electron chi connectivity index (χ2n) is 7.93. The molecule has 0 saturated carbocycles. The summed E-state index contributed by atoms with van der Waals surface area (Å²) in [6, 6.07) is 3.80. The molecule has 1 aliphatic rings. The zero-order chi connectivity index (χ0) is 27.0. The molecule has 0 amide bonds. The Kier molecular flexibility index (Phi) is 6.63. The van der Waals surface area contributed by atoms with Crippen LogP contribution in [0.4, 0.5) is 32.3 Å². The first kappa shape index (κ1) is 25.7. The summed E-state index contributed by atoms with van der Waals surface area (Å²) in [6.45, 7) is -1.42.